The Hall–Kier alpha value is -1.14. The molecule has 0 bridgehead atoms. The Kier molecular flexibility index (Phi) is 7.43. The molecule has 2 unspecified atom stereocenters. The van der Waals surface area contributed by atoms with Gasteiger partial charge in [-0.05, 0) is 38.8 Å². The monoisotopic (exact) mass is 271 g/mol. The van der Waals surface area contributed by atoms with Crippen molar-refractivity contribution in [3.05, 3.63) is 0 Å². The van der Waals surface area contributed by atoms with Gasteiger partial charge in [-0.2, -0.15) is 0 Å². The van der Waals surface area contributed by atoms with Crippen molar-refractivity contribution in [2.24, 2.45) is 5.92 Å². The van der Waals surface area contributed by atoms with E-state index >= 15 is 0 Å². The van der Waals surface area contributed by atoms with Crippen LogP contribution in [0.1, 0.15) is 26.2 Å². The van der Waals surface area contributed by atoms with Gasteiger partial charge < -0.3 is 20.7 Å². The quantitative estimate of drug-likeness (QED) is 0.553. The minimum Gasteiger partial charge on any atom is -0.383 e. The summed E-state index contributed by atoms with van der Waals surface area (Å²) in [6.45, 7) is 4.56. The number of piperidine rings is 1. The van der Waals surface area contributed by atoms with E-state index in [1.54, 1.807) is 14.0 Å². The van der Waals surface area contributed by atoms with Crippen LogP contribution in [0.25, 0.3) is 0 Å². The molecule has 3 N–H and O–H groups in total. The number of rotatable bonds is 7. The predicted octanol–water partition coefficient (Wildman–Crippen LogP) is -0.357. The zero-order valence-electron chi connectivity index (χ0n) is 11.8. The van der Waals surface area contributed by atoms with Gasteiger partial charge in [-0.25, -0.2) is 0 Å². The number of nitrogens with one attached hydrogen (secondary N) is 3. The van der Waals surface area contributed by atoms with Gasteiger partial charge >= 0.3 is 0 Å². The number of hydrogen-bond acceptors (Lipinski definition) is 4. The van der Waals surface area contributed by atoms with Crippen LogP contribution in [0, 0.1) is 5.92 Å². The highest BCUT2D eigenvalue weighted by Gasteiger charge is 2.20. The molecule has 0 aromatic heterocycles. The molecule has 110 valence electrons. The van der Waals surface area contributed by atoms with Crippen molar-refractivity contribution in [2.45, 2.75) is 32.2 Å². The van der Waals surface area contributed by atoms with E-state index in [4.69, 9.17) is 4.74 Å². The number of amides is 2. The first-order valence-corrected chi connectivity index (χ1v) is 6.90. The van der Waals surface area contributed by atoms with Crippen molar-refractivity contribution in [1.82, 2.24) is 16.0 Å². The lowest BCUT2D eigenvalue weighted by Gasteiger charge is -2.23. The van der Waals surface area contributed by atoms with E-state index in [0.29, 0.717) is 25.5 Å². The Morgan fingerprint density at radius 1 is 1.47 bits per heavy atom. The Morgan fingerprint density at radius 2 is 2.26 bits per heavy atom. The van der Waals surface area contributed by atoms with Crippen LogP contribution in [0.15, 0.2) is 0 Å². The summed E-state index contributed by atoms with van der Waals surface area (Å²) < 4.78 is 4.84. The predicted molar refractivity (Wildman–Crippen MR) is 72.7 cm³/mol. The molecule has 1 aliphatic heterocycles. The van der Waals surface area contributed by atoms with Gasteiger partial charge in [-0.15, -0.1) is 0 Å². The first-order valence-electron chi connectivity index (χ1n) is 6.90. The van der Waals surface area contributed by atoms with E-state index in [2.05, 4.69) is 16.0 Å². The molecule has 1 fully saturated rings. The van der Waals surface area contributed by atoms with Crippen LogP contribution in [0.4, 0.5) is 0 Å². The summed E-state index contributed by atoms with van der Waals surface area (Å²) in [4.78, 5) is 23.5. The lowest BCUT2D eigenvalue weighted by molar-refractivity contribution is -0.129. The maximum absolute atomic E-state index is 11.8. The number of carbonyl (C=O) groups excluding carboxylic acids is 2. The molecule has 0 aliphatic carbocycles. The maximum Gasteiger partial charge on any atom is 0.242 e. The summed E-state index contributed by atoms with van der Waals surface area (Å²) >= 11 is 0. The molecule has 1 saturated heterocycles. The zero-order chi connectivity index (χ0) is 14.1. The zero-order valence-corrected chi connectivity index (χ0v) is 11.8. The number of methoxy groups -OCH3 is 1. The highest BCUT2D eigenvalue weighted by molar-refractivity contribution is 5.87. The number of hydrogen-bond donors (Lipinski definition) is 3. The summed E-state index contributed by atoms with van der Waals surface area (Å²) in [5.41, 5.74) is 0. The van der Waals surface area contributed by atoms with Crippen LogP contribution in [0.5, 0.6) is 0 Å². The molecule has 0 aromatic rings. The number of ether oxygens (including phenoxy) is 1. The molecule has 6 nitrogen and oxygen atoms in total. The van der Waals surface area contributed by atoms with Gasteiger partial charge in [0.1, 0.15) is 6.04 Å². The smallest absolute Gasteiger partial charge is 0.242 e. The van der Waals surface area contributed by atoms with Crippen molar-refractivity contribution in [2.75, 3.05) is 33.4 Å². The largest absolute Gasteiger partial charge is 0.383 e. The molecular formula is C13H25N3O3. The molecule has 2 atom stereocenters. The Morgan fingerprint density at radius 3 is 2.89 bits per heavy atom. The molecule has 0 radical (unpaired) electrons. The van der Waals surface area contributed by atoms with Gasteiger partial charge in [-0.3, -0.25) is 9.59 Å². The van der Waals surface area contributed by atoms with Crippen LogP contribution in [0.2, 0.25) is 0 Å². The number of carbonyl (C=O) groups is 2. The van der Waals surface area contributed by atoms with Crippen LogP contribution in [-0.4, -0.2) is 51.2 Å². The topological polar surface area (TPSA) is 79.5 Å². The summed E-state index contributed by atoms with van der Waals surface area (Å²) in [7, 11) is 1.58. The first kappa shape index (κ1) is 15.9. The van der Waals surface area contributed by atoms with Crippen LogP contribution >= 0.6 is 0 Å². The Balaban J connectivity index is 2.20. The molecule has 6 heteroatoms. The van der Waals surface area contributed by atoms with E-state index in [0.717, 1.165) is 25.9 Å². The van der Waals surface area contributed by atoms with Crippen molar-refractivity contribution >= 4 is 11.8 Å². The third-order valence-corrected chi connectivity index (χ3v) is 3.25. The van der Waals surface area contributed by atoms with Gasteiger partial charge in [0, 0.05) is 20.1 Å². The fraction of sp³-hybridized carbons (Fsp3) is 0.846. The average molecular weight is 271 g/mol. The molecule has 19 heavy (non-hydrogen) atoms. The molecule has 2 amide bonds. The minimum absolute atomic E-state index is 0.0527. The van der Waals surface area contributed by atoms with Crippen molar-refractivity contribution in [3.63, 3.8) is 0 Å². The normalized spacial score (nSPS) is 20.6. The van der Waals surface area contributed by atoms with E-state index in [1.807, 2.05) is 0 Å². The van der Waals surface area contributed by atoms with Gasteiger partial charge in [0.05, 0.1) is 6.61 Å². The first-order chi connectivity index (χ1) is 9.13. The molecule has 0 spiro atoms. The fourth-order valence-corrected chi connectivity index (χ4v) is 2.16. The average Bonchev–Trinajstić information content (AvgIpc) is 2.39. The lowest BCUT2D eigenvalue weighted by atomic mass is 9.96. The lowest BCUT2D eigenvalue weighted by Crippen LogP contribution is -2.46. The third kappa shape index (κ3) is 6.54. The van der Waals surface area contributed by atoms with Crippen LogP contribution in [-0.2, 0) is 14.3 Å². The van der Waals surface area contributed by atoms with Crippen LogP contribution in [0.3, 0.4) is 0 Å². The third-order valence-electron chi connectivity index (χ3n) is 3.25. The van der Waals surface area contributed by atoms with E-state index in [1.165, 1.54) is 0 Å². The Bertz CT molecular complexity index is 291. The van der Waals surface area contributed by atoms with Gasteiger partial charge in [0.2, 0.25) is 11.8 Å². The fourth-order valence-electron chi connectivity index (χ4n) is 2.16. The van der Waals surface area contributed by atoms with E-state index in [9.17, 15) is 9.59 Å². The summed E-state index contributed by atoms with van der Waals surface area (Å²) in [6.07, 6.45) is 2.68. The molecular weight excluding hydrogens is 246 g/mol. The molecule has 1 rings (SSSR count). The summed E-state index contributed by atoms with van der Waals surface area (Å²) in [5, 5.41) is 8.71. The summed E-state index contributed by atoms with van der Waals surface area (Å²) in [5.74, 6) is 0.160. The SMILES string of the molecule is COCCNC(=O)C(C)NC(=O)CC1CCCNC1. The Labute approximate surface area is 114 Å². The van der Waals surface area contributed by atoms with Gasteiger partial charge in [0.15, 0.2) is 0 Å². The van der Waals surface area contributed by atoms with Gasteiger partial charge in [0.25, 0.3) is 0 Å². The highest BCUT2D eigenvalue weighted by atomic mass is 16.5. The highest BCUT2D eigenvalue weighted by Crippen LogP contribution is 2.13. The molecule has 1 aliphatic rings. The van der Waals surface area contributed by atoms with Gasteiger partial charge in [-0.1, -0.05) is 0 Å². The van der Waals surface area contributed by atoms with Crippen LogP contribution < -0.4 is 16.0 Å². The second-order valence-corrected chi connectivity index (χ2v) is 4.99. The standard InChI is InChI=1S/C13H25N3O3/c1-10(13(18)15-6-7-19-2)16-12(17)8-11-4-3-5-14-9-11/h10-11,14H,3-9H2,1-2H3,(H,15,18)(H,16,17). The van der Waals surface area contributed by atoms with E-state index < -0.39 is 6.04 Å². The molecule has 1 heterocycles. The minimum atomic E-state index is -0.499. The van der Waals surface area contributed by atoms with Crippen molar-refractivity contribution in [3.8, 4) is 0 Å². The maximum atomic E-state index is 11.8. The summed E-state index contributed by atoms with van der Waals surface area (Å²) in [6, 6.07) is -0.499. The van der Waals surface area contributed by atoms with E-state index in [-0.39, 0.29) is 11.8 Å². The molecule has 0 saturated carbocycles. The van der Waals surface area contributed by atoms with Crippen molar-refractivity contribution < 1.29 is 14.3 Å². The molecule has 0 aromatic carbocycles. The van der Waals surface area contributed by atoms with Crippen molar-refractivity contribution in [1.29, 1.82) is 0 Å². The second-order valence-electron chi connectivity index (χ2n) is 4.99. The second kappa shape index (κ2) is 8.87.